The van der Waals surface area contributed by atoms with Gasteiger partial charge in [-0.1, -0.05) is 12.1 Å². The highest BCUT2D eigenvalue weighted by Gasteiger charge is 2.47. The molecule has 0 bridgehead atoms. The molecular weight excluding hydrogens is 362 g/mol. The van der Waals surface area contributed by atoms with Crippen LogP contribution in [0.15, 0.2) is 18.2 Å². The first-order valence-corrected chi connectivity index (χ1v) is 9.78. The summed E-state index contributed by atoms with van der Waals surface area (Å²) in [5, 5.41) is 9.19. The number of hydrogen-bond donors (Lipinski definition) is 1. The van der Waals surface area contributed by atoms with E-state index in [0.717, 1.165) is 11.1 Å². The Morgan fingerprint density at radius 1 is 1.25 bits per heavy atom. The zero-order valence-corrected chi connectivity index (χ0v) is 16.7. The van der Waals surface area contributed by atoms with E-state index in [0.29, 0.717) is 25.4 Å². The molecule has 0 unspecified atom stereocenters. The fraction of sp³-hybridized carbons (Fsp3) is 0.619. The highest BCUT2D eigenvalue weighted by Crippen LogP contribution is 2.50. The van der Waals surface area contributed by atoms with Gasteiger partial charge in [0, 0.05) is 5.56 Å². The Balaban J connectivity index is 1.64. The molecule has 7 nitrogen and oxygen atoms in total. The second kappa shape index (κ2) is 6.65. The molecule has 1 saturated carbocycles. The maximum atomic E-state index is 12.9. The molecule has 1 aromatic carbocycles. The van der Waals surface area contributed by atoms with Crippen LogP contribution in [0.2, 0.25) is 0 Å². The SMILES string of the molecule is C[C@@H]1CO[C@@H]2COc3cc([C@@H]4C[C@H]4C(=O)O)ccc3[C@@H]2N1C(=O)OC(C)(C)C. The summed E-state index contributed by atoms with van der Waals surface area (Å²) in [7, 11) is 0. The third-order valence-electron chi connectivity index (χ3n) is 5.58. The van der Waals surface area contributed by atoms with Crippen molar-refractivity contribution < 1.29 is 28.9 Å². The third-order valence-corrected chi connectivity index (χ3v) is 5.58. The molecule has 28 heavy (non-hydrogen) atoms. The monoisotopic (exact) mass is 389 g/mol. The molecule has 7 heteroatoms. The highest BCUT2D eigenvalue weighted by atomic mass is 16.6. The van der Waals surface area contributed by atoms with Crippen LogP contribution in [-0.4, -0.2) is 53.0 Å². The summed E-state index contributed by atoms with van der Waals surface area (Å²) >= 11 is 0. The van der Waals surface area contributed by atoms with Crippen LogP contribution in [0.4, 0.5) is 4.79 Å². The van der Waals surface area contributed by atoms with Crippen molar-refractivity contribution in [2.45, 2.75) is 63.8 Å². The molecule has 3 aliphatic rings. The fourth-order valence-corrected chi connectivity index (χ4v) is 4.14. The topological polar surface area (TPSA) is 85.3 Å². The lowest BCUT2D eigenvalue weighted by molar-refractivity contribution is -0.138. The van der Waals surface area contributed by atoms with E-state index in [-0.39, 0.29) is 36.1 Å². The van der Waals surface area contributed by atoms with Crippen LogP contribution >= 0.6 is 0 Å². The van der Waals surface area contributed by atoms with E-state index in [1.807, 2.05) is 45.9 Å². The van der Waals surface area contributed by atoms with E-state index in [4.69, 9.17) is 14.2 Å². The van der Waals surface area contributed by atoms with E-state index in [9.17, 15) is 14.7 Å². The Morgan fingerprint density at radius 2 is 2.00 bits per heavy atom. The summed E-state index contributed by atoms with van der Waals surface area (Å²) < 4.78 is 17.5. The number of carboxylic acid groups (broad SMARTS) is 1. The summed E-state index contributed by atoms with van der Waals surface area (Å²) in [6, 6.07) is 5.40. The first kappa shape index (κ1) is 19.1. The second-order valence-corrected chi connectivity index (χ2v) is 8.95. The van der Waals surface area contributed by atoms with Crippen molar-refractivity contribution in [3.63, 3.8) is 0 Å². The smallest absolute Gasteiger partial charge is 0.411 e. The summed E-state index contributed by atoms with van der Waals surface area (Å²) in [5.74, 6) is -0.339. The Bertz CT molecular complexity index is 801. The number of carbonyl (C=O) groups excluding carboxylic acids is 1. The van der Waals surface area contributed by atoms with Crippen molar-refractivity contribution in [2.75, 3.05) is 13.2 Å². The van der Waals surface area contributed by atoms with E-state index in [2.05, 4.69) is 0 Å². The Labute approximate surface area is 164 Å². The summed E-state index contributed by atoms with van der Waals surface area (Å²) in [4.78, 5) is 25.9. The maximum absolute atomic E-state index is 12.9. The molecule has 1 saturated heterocycles. The predicted molar refractivity (Wildman–Crippen MR) is 100 cm³/mol. The van der Waals surface area contributed by atoms with E-state index in [1.54, 1.807) is 4.90 Å². The minimum Gasteiger partial charge on any atom is -0.490 e. The number of ether oxygens (including phenoxy) is 3. The zero-order chi connectivity index (χ0) is 20.2. The number of amides is 1. The molecule has 0 aromatic heterocycles. The highest BCUT2D eigenvalue weighted by molar-refractivity contribution is 5.75. The first-order chi connectivity index (χ1) is 13.2. The molecule has 152 valence electrons. The van der Waals surface area contributed by atoms with Gasteiger partial charge in [0.15, 0.2) is 0 Å². The van der Waals surface area contributed by atoms with Gasteiger partial charge in [-0.15, -0.1) is 0 Å². The van der Waals surface area contributed by atoms with E-state index >= 15 is 0 Å². The lowest BCUT2D eigenvalue weighted by atomic mass is 9.92. The lowest BCUT2D eigenvalue weighted by Gasteiger charge is -2.47. The molecule has 2 heterocycles. The van der Waals surface area contributed by atoms with Gasteiger partial charge in [0.1, 0.15) is 24.1 Å². The predicted octanol–water partition coefficient (Wildman–Crippen LogP) is 3.33. The number of aliphatic carboxylic acids is 1. The summed E-state index contributed by atoms with van der Waals surface area (Å²) in [6.45, 7) is 8.29. The van der Waals surface area contributed by atoms with Crippen LogP contribution in [0.1, 0.15) is 57.2 Å². The Hall–Kier alpha value is -2.28. The number of fused-ring (bicyclic) bond motifs is 3. The molecule has 4 rings (SSSR count). The number of benzene rings is 1. The molecule has 1 N–H and O–H groups in total. The molecular formula is C21H27NO6. The minimum atomic E-state index is -0.755. The van der Waals surface area contributed by atoms with Gasteiger partial charge in [0.25, 0.3) is 0 Å². The van der Waals surface area contributed by atoms with Crippen LogP contribution < -0.4 is 4.74 Å². The number of carboxylic acids is 1. The average Bonchev–Trinajstić information content (AvgIpc) is 3.40. The number of rotatable bonds is 2. The van der Waals surface area contributed by atoms with Gasteiger partial charge in [-0.2, -0.15) is 0 Å². The van der Waals surface area contributed by atoms with Gasteiger partial charge < -0.3 is 19.3 Å². The lowest BCUT2D eigenvalue weighted by Crippen LogP contribution is -2.56. The molecule has 5 atom stereocenters. The van der Waals surface area contributed by atoms with E-state index < -0.39 is 11.6 Å². The number of carbonyl (C=O) groups is 2. The standard InChI is InChI=1S/C21H27NO6/c1-11-9-26-17-10-27-16-7-12(14-8-15(14)19(23)24)5-6-13(16)18(17)22(11)20(25)28-21(2,3)4/h5-7,11,14-15,17-18H,8-10H2,1-4H3,(H,23,24)/t11-,14+,15-,17-,18+/m1/s1. The van der Waals surface area contributed by atoms with Gasteiger partial charge in [0.05, 0.1) is 24.6 Å². The van der Waals surface area contributed by atoms with Crippen molar-refractivity contribution in [1.29, 1.82) is 0 Å². The third kappa shape index (κ3) is 3.43. The average molecular weight is 389 g/mol. The molecule has 2 aliphatic heterocycles. The minimum absolute atomic E-state index is 0.0348. The van der Waals surface area contributed by atoms with E-state index in [1.165, 1.54) is 0 Å². The maximum Gasteiger partial charge on any atom is 0.411 e. The van der Waals surface area contributed by atoms with Gasteiger partial charge in [-0.05, 0) is 51.7 Å². The first-order valence-electron chi connectivity index (χ1n) is 9.78. The number of nitrogens with zero attached hydrogens (tertiary/aromatic N) is 1. The molecule has 1 aliphatic carbocycles. The quantitative estimate of drug-likeness (QED) is 0.835. The van der Waals surface area contributed by atoms with Gasteiger partial charge in [-0.3, -0.25) is 9.69 Å². The zero-order valence-electron chi connectivity index (χ0n) is 16.7. The second-order valence-electron chi connectivity index (χ2n) is 8.95. The molecule has 1 aromatic rings. The van der Waals surface area contributed by atoms with Gasteiger partial charge in [-0.25, -0.2) is 4.79 Å². The molecule has 1 amide bonds. The van der Waals surface area contributed by atoms with Gasteiger partial charge >= 0.3 is 12.1 Å². The largest absolute Gasteiger partial charge is 0.490 e. The molecule has 2 fully saturated rings. The number of hydrogen-bond acceptors (Lipinski definition) is 5. The molecule has 0 radical (unpaired) electrons. The van der Waals surface area contributed by atoms with Crippen LogP contribution in [0.5, 0.6) is 5.75 Å². The van der Waals surface area contributed by atoms with Crippen molar-refractivity contribution in [3.05, 3.63) is 29.3 Å². The Morgan fingerprint density at radius 3 is 2.64 bits per heavy atom. The van der Waals surface area contributed by atoms with Crippen LogP contribution in [0, 0.1) is 5.92 Å². The van der Waals surface area contributed by atoms with Crippen molar-refractivity contribution in [1.82, 2.24) is 4.90 Å². The number of morpholine rings is 1. The summed E-state index contributed by atoms with van der Waals surface area (Å²) in [5.41, 5.74) is 1.27. The summed E-state index contributed by atoms with van der Waals surface area (Å²) in [6.07, 6.45) is 0.0442. The fourth-order valence-electron chi connectivity index (χ4n) is 4.14. The van der Waals surface area contributed by atoms with Crippen molar-refractivity contribution in [2.24, 2.45) is 5.92 Å². The van der Waals surface area contributed by atoms with Crippen molar-refractivity contribution in [3.8, 4) is 5.75 Å². The van der Waals surface area contributed by atoms with Crippen LogP contribution in [0.25, 0.3) is 0 Å². The van der Waals surface area contributed by atoms with Crippen LogP contribution in [-0.2, 0) is 14.3 Å². The Kier molecular flexibility index (Phi) is 4.53. The normalized spacial score (nSPS) is 31.3. The van der Waals surface area contributed by atoms with Crippen LogP contribution in [0.3, 0.4) is 0 Å². The molecule has 0 spiro atoms. The van der Waals surface area contributed by atoms with Crippen molar-refractivity contribution >= 4 is 12.1 Å². The van der Waals surface area contributed by atoms with Gasteiger partial charge in [0.2, 0.25) is 0 Å².